The van der Waals surface area contributed by atoms with E-state index in [9.17, 15) is 5.11 Å². The maximum atomic E-state index is 10.4. The number of aliphatic hydroxyl groups is 1. The molecule has 0 unspecified atom stereocenters. The zero-order valence-electron chi connectivity index (χ0n) is 30.7. The first kappa shape index (κ1) is 37.1. The number of ether oxygens (including phenoxy) is 1. The third-order valence-electron chi connectivity index (χ3n) is 9.39. The zero-order chi connectivity index (χ0) is 36.4. The van der Waals surface area contributed by atoms with Crippen LogP contribution in [0.15, 0.2) is 49.2 Å². The second-order valence-electron chi connectivity index (χ2n) is 13.4. The van der Waals surface area contributed by atoms with E-state index in [-0.39, 0.29) is 11.8 Å². The number of aryl methyl sites for hydroxylation is 6. The van der Waals surface area contributed by atoms with E-state index in [0.717, 1.165) is 103 Å². The summed E-state index contributed by atoms with van der Waals surface area (Å²) in [4.78, 5) is 0. The van der Waals surface area contributed by atoms with Crippen LogP contribution in [0.1, 0.15) is 64.5 Å². The highest BCUT2D eigenvalue weighted by molar-refractivity contribution is 6.34. The number of aliphatic hydroxyl groups excluding tert-OH is 1. The lowest BCUT2D eigenvalue weighted by Crippen LogP contribution is -2.28. The Labute approximate surface area is 306 Å². The number of nitrogens with one attached hydrogen (secondary N) is 2. The molecule has 0 fully saturated rings. The van der Waals surface area contributed by atoms with Crippen molar-refractivity contribution >= 4 is 57.2 Å². The summed E-state index contributed by atoms with van der Waals surface area (Å²) in [6, 6.07) is 12.2. The second-order valence-corrected chi connectivity index (χ2v) is 14.2. The molecule has 0 saturated carbocycles. The summed E-state index contributed by atoms with van der Waals surface area (Å²) in [5.41, 5.74) is 13.0. The van der Waals surface area contributed by atoms with E-state index < -0.39 is 0 Å². The Morgan fingerprint density at radius 2 is 1.72 bits per heavy atom. The van der Waals surface area contributed by atoms with Crippen LogP contribution >= 0.6 is 23.2 Å². The molecule has 5 rings (SSSR count). The largest absolute Gasteiger partial charge is 0.508 e. The Balaban J connectivity index is 1.69. The molecule has 0 bridgehead atoms. The average Bonchev–Trinajstić information content (AvgIpc) is 3.50. The lowest BCUT2D eigenvalue weighted by atomic mass is 9.91. The Kier molecular flexibility index (Phi) is 11.4. The SMILES string of the molecule is C=C(O)c1cc(C)c2c(c1)c(/C=C(\CCCOc1cc(C)c(Cl)c(C)c1)c1ccc(Cl)c(-c3c(C)nn(C)c3C)c1N[C@H](C)CNC)cn2C. The zero-order valence-corrected chi connectivity index (χ0v) is 32.2. The van der Waals surface area contributed by atoms with Crippen molar-refractivity contribution in [3.63, 3.8) is 0 Å². The number of halogens is 2. The van der Waals surface area contributed by atoms with E-state index in [4.69, 9.17) is 33.0 Å². The molecular formula is C41H49Cl2N5O2. The Bertz CT molecular complexity index is 2080. The van der Waals surface area contributed by atoms with Gasteiger partial charge in [0.05, 0.1) is 28.5 Å². The molecule has 7 nitrogen and oxygen atoms in total. The molecule has 2 heterocycles. The van der Waals surface area contributed by atoms with Crippen LogP contribution in [0.25, 0.3) is 39.4 Å². The molecule has 0 radical (unpaired) electrons. The third kappa shape index (κ3) is 7.60. The van der Waals surface area contributed by atoms with Crippen LogP contribution in [0.3, 0.4) is 0 Å². The van der Waals surface area contributed by atoms with Gasteiger partial charge in [-0.05, 0) is 120 Å². The normalized spacial score (nSPS) is 12.5. The molecule has 9 heteroatoms. The van der Waals surface area contributed by atoms with Crippen molar-refractivity contribution in [1.29, 1.82) is 0 Å². The van der Waals surface area contributed by atoms with Gasteiger partial charge in [-0.1, -0.05) is 35.8 Å². The van der Waals surface area contributed by atoms with Crippen LogP contribution in [0.5, 0.6) is 5.75 Å². The number of hydrogen-bond acceptors (Lipinski definition) is 5. The van der Waals surface area contributed by atoms with E-state index in [1.807, 2.05) is 69.9 Å². The minimum Gasteiger partial charge on any atom is -0.508 e. The van der Waals surface area contributed by atoms with Crippen LogP contribution < -0.4 is 15.4 Å². The lowest BCUT2D eigenvalue weighted by Gasteiger charge is -2.24. The molecular weight excluding hydrogens is 665 g/mol. The highest BCUT2D eigenvalue weighted by atomic mass is 35.5. The van der Waals surface area contributed by atoms with Crippen molar-refractivity contribution in [2.24, 2.45) is 14.1 Å². The molecule has 1 atom stereocenters. The van der Waals surface area contributed by atoms with Crippen LogP contribution in [-0.4, -0.2) is 45.7 Å². The van der Waals surface area contributed by atoms with E-state index in [0.29, 0.717) is 17.2 Å². The minimum atomic E-state index is 0.0494. The van der Waals surface area contributed by atoms with Gasteiger partial charge in [0.2, 0.25) is 0 Å². The molecule has 50 heavy (non-hydrogen) atoms. The van der Waals surface area contributed by atoms with Crippen LogP contribution in [0, 0.1) is 34.6 Å². The molecule has 0 amide bonds. The van der Waals surface area contributed by atoms with Gasteiger partial charge in [0, 0.05) is 76.8 Å². The van der Waals surface area contributed by atoms with Gasteiger partial charge in [-0.3, -0.25) is 4.68 Å². The fourth-order valence-electron chi connectivity index (χ4n) is 6.98. The summed E-state index contributed by atoms with van der Waals surface area (Å²) in [5, 5.41) is 24.7. The number of aromatic nitrogens is 3. The Hall–Kier alpha value is -4.17. The monoisotopic (exact) mass is 713 g/mol. The predicted octanol–water partition coefficient (Wildman–Crippen LogP) is 10.4. The number of fused-ring (bicyclic) bond motifs is 1. The van der Waals surface area contributed by atoms with Crippen molar-refractivity contribution in [2.75, 3.05) is 25.5 Å². The van der Waals surface area contributed by atoms with E-state index in [1.165, 1.54) is 0 Å². The summed E-state index contributed by atoms with van der Waals surface area (Å²) in [6.07, 6.45) is 5.92. The van der Waals surface area contributed by atoms with Gasteiger partial charge >= 0.3 is 0 Å². The molecule has 0 spiro atoms. The fourth-order valence-corrected chi connectivity index (χ4v) is 7.35. The summed E-state index contributed by atoms with van der Waals surface area (Å²) in [5.74, 6) is 0.865. The van der Waals surface area contributed by atoms with Gasteiger partial charge in [-0.25, -0.2) is 0 Å². The first-order valence-electron chi connectivity index (χ1n) is 17.0. The van der Waals surface area contributed by atoms with Gasteiger partial charge < -0.3 is 25.0 Å². The number of hydrogen-bond donors (Lipinski definition) is 3. The number of anilines is 1. The number of nitrogens with zero attached hydrogens (tertiary/aromatic N) is 3. The maximum Gasteiger partial charge on any atom is 0.119 e. The summed E-state index contributed by atoms with van der Waals surface area (Å²) < 4.78 is 10.3. The van der Waals surface area contributed by atoms with Gasteiger partial charge in [-0.2, -0.15) is 5.10 Å². The molecule has 5 aromatic rings. The number of rotatable bonds is 13. The van der Waals surface area contributed by atoms with Gasteiger partial charge in [0.15, 0.2) is 0 Å². The number of benzene rings is 3. The molecule has 2 aromatic heterocycles. The first-order chi connectivity index (χ1) is 23.7. The molecule has 0 aliphatic rings. The molecule has 0 aliphatic carbocycles. The summed E-state index contributed by atoms with van der Waals surface area (Å²) >= 11 is 13.5. The molecule has 3 N–H and O–H groups in total. The lowest BCUT2D eigenvalue weighted by molar-refractivity contribution is 0.312. The van der Waals surface area contributed by atoms with Crippen LogP contribution in [-0.2, 0) is 14.1 Å². The standard InChI is InChI=1S/C41H49Cl2N5O2/c1-23-17-33(18-24(2)39(23)43)50-15-11-12-30(19-32-22-47(9)41-25(3)16-31(29(7)49)20-35(32)41)34-13-14-36(42)38(40(34)45-26(4)21-44-8)37-27(5)46-48(10)28(37)6/h13-14,16-20,22,26,44-45,49H,7,11-12,15,21H2,1-6,8-10H3/b30-19+/t26-/m1/s1. The summed E-state index contributed by atoms with van der Waals surface area (Å²) in [6.45, 7) is 17.4. The quantitative estimate of drug-likeness (QED) is 0.0836. The molecule has 3 aromatic carbocycles. The fraction of sp³-hybridized carbons (Fsp3) is 0.341. The summed E-state index contributed by atoms with van der Waals surface area (Å²) in [7, 11) is 5.98. The second kappa shape index (κ2) is 15.4. The average molecular weight is 715 g/mol. The van der Waals surface area contributed by atoms with Crippen molar-refractivity contribution in [3.8, 4) is 16.9 Å². The van der Waals surface area contributed by atoms with Crippen molar-refractivity contribution < 1.29 is 9.84 Å². The highest BCUT2D eigenvalue weighted by Gasteiger charge is 2.24. The van der Waals surface area contributed by atoms with Crippen LogP contribution in [0.4, 0.5) is 5.69 Å². The smallest absolute Gasteiger partial charge is 0.119 e. The molecule has 0 aliphatic heterocycles. The third-order valence-corrected chi connectivity index (χ3v) is 10.3. The van der Waals surface area contributed by atoms with E-state index in [1.54, 1.807) is 0 Å². The van der Waals surface area contributed by atoms with Gasteiger partial charge in [-0.15, -0.1) is 0 Å². The molecule has 0 saturated heterocycles. The van der Waals surface area contributed by atoms with Crippen molar-refractivity contribution in [1.82, 2.24) is 19.7 Å². The first-order valence-corrected chi connectivity index (χ1v) is 17.8. The van der Waals surface area contributed by atoms with Gasteiger partial charge in [0.25, 0.3) is 0 Å². The van der Waals surface area contributed by atoms with Crippen molar-refractivity contribution in [3.05, 3.63) is 104 Å². The van der Waals surface area contributed by atoms with Gasteiger partial charge in [0.1, 0.15) is 11.5 Å². The van der Waals surface area contributed by atoms with E-state index >= 15 is 0 Å². The predicted molar refractivity (Wildman–Crippen MR) is 213 cm³/mol. The number of likely N-dealkylation sites (N-methyl/N-ethyl adjacent to an activating group) is 1. The van der Waals surface area contributed by atoms with Crippen LogP contribution in [0.2, 0.25) is 10.0 Å². The van der Waals surface area contributed by atoms with E-state index in [2.05, 4.69) is 67.9 Å². The number of allylic oxidation sites excluding steroid dienone is 1. The van der Waals surface area contributed by atoms with Crippen molar-refractivity contribution in [2.45, 2.75) is 60.4 Å². The highest BCUT2D eigenvalue weighted by Crippen LogP contribution is 2.44. The Morgan fingerprint density at radius 3 is 2.34 bits per heavy atom. The Morgan fingerprint density at radius 1 is 1.02 bits per heavy atom. The molecule has 264 valence electrons. The minimum absolute atomic E-state index is 0.0494. The maximum absolute atomic E-state index is 10.4. The topological polar surface area (TPSA) is 76.3 Å².